The summed E-state index contributed by atoms with van der Waals surface area (Å²) in [5, 5.41) is 10.4. The summed E-state index contributed by atoms with van der Waals surface area (Å²) in [6, 6.07) is -0.229. The van der Waals surface area contributed by atoms with Crippen LogP contribution in [0.4, 0.5) is 10.6 Å². The molecule has 7 heteroatoms. The van der Waals surface area contributed by atoms with Crippen LogP contribution in [0.15, 0.2) is 0 Å². The molecule has 1 saturated carbocycles. The van der Waals surface area contributed by atoms with E-state index < -0.39 is 5.54 Å². The van der Waals surface area contributed by atoms with Gasteiger partial charge in [0.15, 0.2) is 5.82 Å². The second-order valence-corrected chi connectivity index (χ2v) is 6.92. The normalized spacial score (nSPS) is 22.8. The van der Waals surface area contributed by atoms with Crippen molar-refractivity contribution in [2.24, 2.45) is 0 Å². The highest BCUT2D eigenvalue weighted by molar-refractivity contribution is 6.07. The van der Waals surface area contributed by atoms with Crippen LogP contribution in [-0.4, -0.2) is 52.2 Å². The number of H-pyrrole nitrogens is 1. The van der Waals surface area contributed by atoms with Crippen LogP contribution in [0.5, 0.6) is 0 Å². The molecule has 124 valence electrons. The summed E-state index contributed by atoms with van der Waals surface area (Å²) < 4.78 is 0. The van der Waals surface area contributed by atoms with Gasteiger partial charge in [0, 0.05) is 30.9 Å². The van der Waals surface area contributed by atoms with Crippen LogP contribution >= 0.6 is 0 Å². The van der Waals surface area contributed by atoms with E-state index >= 15 is 0 Å². The molecule has 1 spiro atoms. The lowest BCUT2D eigenvalue weighted by Crippen LogP contribution is -2.45. The van der Waals surface area contributed by atoms with E-state index in [1.54, 1.807) is 0 Å². The second kappa shape index (κ2) is 5.25. The summed E-state index contributed by atoms with van der Waals surface area (Å²) in [6.45, 7) is 4.03. The maximum Gasteiger partial charge on any atom is 0.325 e. The largest absolute Gasteiger partial charge is 0.353 e. The van der Waals surface area contributed by atoms with Crippen LogP contribution in [0.1, 0.15) is 43.4 Å². The zero-order valence-corrected chi connectivity index (χ0v) is 13.5. The molecule has 2 fully saturated rings. The van der Waals surface area contributed by atoms with E-state index in [0.29, 0.717) is 13.1 Å². The van der Waals surface area contributed by atoms with Gasteiger partial charge in [-0.2, -0.15) is 5.10 Å². The molecule has 1 saturated heterocycles. The minimum absolute atomic E-state index is 0.0320. The maximum absolute atomic E-state index is 12.7. The SMILES string of the molecule is Cc1[nH]nc2c1CCCN2CCN1C(=O)NC2(CCCC2)C1=O. The number of imide groups is 1. The Labute approximate surface area is 135 Å². The number of nitrogens with zero attached hydrogens (tertiary/aromatic N) is 3. The second-order valence-electron chi connectivity index (χ2n) is 6.92. The Morgan fingerprint density at radius 3 is 2.74 bits per heavy atom. The molecular formula is C16H23N5O2. The first kappa shape index (κ1) is 14.5. The van der Waals surface area contributed by atoms with Crippen LogP contribution in [0.25, 0.3) is 0 Å². The smallest absolute Gasteiger partial charge is 0.325 e. The summed E-state index contributed by atoms with van der Waals surface area (Å²) in [6.07, 6.45) is 5.71. The lowest BCUT2D eigenvalue weighted by molar-refractivity contribution is -0.131. The van der Waals surface area contributed by atoms with Crippen molar-refractivity contribution < 1.29 is 9.59 Å². The highest BCUT2D eigenvalue weighted by atomic mass is 16.2. The topological polar surface area (TPSA) is 81.3 Å². The maximum atomic E-state index is 12.7. The lowest BCUT2D eigenvalue weighted by Gasteiger charge is -2.29. The number of hydrogen-bond acceptors (Lipinski definition) is 4. The number of aromatic amines is 1. The monoisotopic (exact) mass is 317 g/mol. The fourth-order valence-corrected chi connectivity index (χ4v) is 4.19. The number of carbonyl (C=O) groups excluding carboxylic acids is 2. The number of amides is 3. The Morgan fingerprint density at radius 1 is 1.17 bits per heavy atom. The molecule has 4 rings (SSSR count). The molecule has 1 aromatic rings. The quantitative estimate of drug-likeness (QED) is 0.824. The van der Waals surface area contributed by atoms with Gasteiger partial charge in [-0.1, -0.05) is 12.8 Å². The molecule has 2 N–H and O–H groups in total. The number of fused-ring (bicyclic) bond motifs is 1. The van der Waals surface area contributed by atoms with Crippen molar-refractivity contribution in [3.05, 3.63) is 11.3 Å². The van der Waals surface area contributed by atoms with Crippen molar-refractivity contribution in [2.75, 3.05) is 24.5 Å². The van der Waals surface area contributed by atoms with Crippen molar-refractivity contribution >= 4 is 17.8 Å². The molecule has 3 aliphatic rings. The van der Waals surface area contributed by atoms with Gasteiger partial charge in [0.1, 0.15) is 5.54 Å². The predicted molar refractivity (Wildman–Crippen MR) is 85.3 cm³/mol. The number of hydrogen-bond donors (Lipinski definition) is 2. The molecule has 1 aromatic heterocycles. The zero-order chi connectivity index (χ0) is 16.0. The van der Waals surface area contributed by atoms with Crippen LogP contribution in [0.2, 0.25) is 0 Å². The van der Waals surface area contributed by atoms with Gasteiger partial charge < -0.3 is 10.2 Å². The first-order valence-corrected chi connectivity index (χ1v) is 8.54. The van der Waals surface area contributed by atoms with Crippen LogP contribution in [0, 0.1) is 6.92 Å². The summed E-state index contributed by atoms with van der Waals surface area (Å²) in [5.41, 5.74) is 1.78. The molecule has 0 bridgehead atoms. The number of nitrogens with one attached hydrogen (secondary N) is 2. The molecule has 0 aromatic carbocycles. The van der Waals surface area contributed by atoms with Crippen molar-refractivity contribution in [1.82, 2.24) is 20.4 Å². The summed E-state index contributed by atoms with van der Waals surface area (Å²) >= 11 is 0. The van der Waals surface area contributed by atoms with Crippen LogP contribution < -0.4 is 10.2 Å². The highest BCUT2D eigenvalue weighted by Gasteiger charge is 2.52. The fraction of sp³-hybridized carbons (Fsp3) is 0.688. The minimum atomic E-state index is -0.604. The van der Waals surface area contributed by atoms with Gasteiger partial charge in [-0.25, -0.2) is 4.79 Å². The van der Waals surface area contributed by atoms with Crippen LogP contribution in [-0.2, 0) is 11.2 Å². The van der Waals surface area contributed by atoms with E-state index in [-0.39, 0.29) is 11.9 Å². The van der Waals surface area contributed by atoms with E-state index in [0.717, 1.165) is 56.6 Å². The van der Waals surface area contributed by atoms with E-state index in [4.69, 9.17) is 0 Å². The Morgan fingerprint density at radius 2 is 1.96 bits per heavy atom. The van der Waals surface area contributed by atoms with Gasteiger partial charge in [0.25, 0.3) is 5.91 Å². The molecule has 2 aliphatic heterocycles. The van der Waals surface area contributed by atoms with Crippen molar-refractivity contribution in [2.45, 2.75) is 51.0 Å². The molecule has 7 nitrogen and oxygen atoms in total. The van der Waals surface area contributed by atoms with Gasteiger partial charge in [0.05, 0.1) is 0 Å². The third-order valence-electron chi connectivity index (χ3n) is 5.50. The molecular weight excluding hydrogens is 294 g/mol. The zero-order valence-electron chi connectivity index (χ0n) is 13.5. The predicted octanol–water partition coefficient (Wildman–Crippen LogP) is 1.34. The van der Waals surface area contributed by atoms with Gasteiger partial charge in [-0.3, -0.25) is 14.8 Å². The van der Waals surface area contributed by atoms with Crippen molar-refractivity contribution in [3.63, 3.8) is 0 Å². The number of carbonyl (C=O) groups is 2. The molecule has 1 aliphatic carbocycles. The van der Waals surface area contributed by atoms with E-state index in [1.807, 2.05) is 6.92 Å². The van der Waals surface area contributed by atoms with E-state index in [1.165, 1.54) is 10.5 Å². The third-order valence-corrected chi connectivity index (χ3v) is 5.50. The lowest BCUT2D eigenvalue weighted by atomic mass is 9.98. The van der Waals surface area contributed by atoms with Crippen molar-refractivity contribution in [3.8, 4) is 0 Å². The standard InChI is InChI=1S/C16H23N5O2/c1-11-12-5-4-8-20(13(12)19-18-11)9-10-21-14(22)16(17-15(21)23)6-2-3-7-16/h2-10H2,1H3,(H,17,23)(H,18,19). The Kier molecular flexibility index (Phi) is 3.32. The van der Waals surface area contributed by atoms with Gasteiger partial charge in [0.2, 0.25) is 0 Å². The average Bonchev–Trinajstić information content (AvgIpc) is 3.21. The number of urea groups is 1. The summed E-state index contributed by atoms with van der Waals surface area (Å²) in [7, 11) is 0. The molecule has 3 amide bonds. The first-order valence-electron chi connectivity index (χ1n) is 8.54. The van der Waals surface area contributed by atoms with Gasteiger partial charge in [-0.05, 0) is 32.6 Å². The molecule has 3 heterocycles. The minimum Gasteiger partial charge on any atom is -0.353 e. The highest BCUT2D eigenvalue weighted by Crippen LogP contribution is 2.35. The van der Waals surface area contributed by atoms with E-state index in [9.17, 15) is 9.59 Å². The average molecular weight is 317 g/mol. The van der Waals surface area contributed by atoms with Crippen LogP contribution in [0.3, 0.4) is 0 Å². The fourth-order valence-electron chi connectivity index (χ4n) is 4.19. The van der Waals surface area contributed by atoms with Gasteiger partial charge >= 0.3 is 6.03 Å². The van der Waals surface area contributed by atoms with Crippen molar-refractivity contribution in [1.29, 1.82) is 0 Å². The number of aryl methyl sites for hydroxylation is 1. The Bertz CT molecular complexity index is 647. The molecule has 0 atom stereocenters. The van der Waals surface area contributed by atoms with Gasteiger partial charge in [-0.15, -0.1) is 0 Å². The Hall–Kier alpha value is -2.05. The number of anilines is 1. The first-order chi connectivity index (χ1) is 11.1. The summed E-state index contributed by atoms with van der Waals surface area (Å²) in [4.78, 5) is 28.5. The molecule has 0 radical (unpaired) electrons. The Balaban J connectivity index is 1.46. The molecule has 0 unspecified atom stereocenters. The summed E-state index contributed by atoms with van der Waals surface area (Å²) in [5.74, 6) is 0.951. The third kappa shape index (κ3) is 2.21. The number of aromatic nitrogens is 2. The van der Waals surface area contributed by atoms with E-state index in [2.05, 4.69) is 20.4 Å². The number of rotatable bonds is 3. The molecule has 23 heavy (non-hydrogen) atoms.